The van der Waals surface area contributed by atoms with Crippen molar-refractivity contribution in [3.8, 4) is 11.5 Å². The second-order valence-electron chi connectivity index (χ2n) is 8.21. The zero-order chi connectivity index (χ0) is 26.4. The summed E-state index contributed by atoms with van der Waals surface area (Å²) in [7, 11) is 0. The molecule has 1 saturated heterocycles. The molecule has 1 aliphatic heterocycles. The summed E-state index contributed by atoms with van der Waals surface area (Å²) in [6, 6.07) is 20.1. The number of carbonyl (C=O) groups is 1. The Labute approximate surface area is 244 Å². The lowest BCUT2D eigenvalue weighted by molar-refractivity contribution is -0.122. The number of hydrogen-bond acceptors (Lipinski definition) is 5. The van der Waals surface area contributed by atoms with Gasteiger partial charge in [-0.25, -0.2) is 4.99 Å². The molecule has 0 spiro atoms. The highest BCUT2D eigenvalue weighted by atomic mass is 127. The van der Waals surface area contributed by atoms with Crippen molar-refractivity contribution in [1.29, 1.82) is 0 Å². The van der Waals surface area contributed by atoms with Crippen LogP contribution < -0.4 is 9.47 Å². The van der Waals surface area contributed by atoms with E-state index in [0.717, 1.165) is 36.8 Å². The van der Waals surface area contributed by atoms with Gasteiger partial charge in [0.25, 0.3) is 5.91 Å². The van der Waals surface area contributed by atoms with Crippen molar-refractivity contribution in [3.63, 3.8) is 0 Å². The molecule has 0 unspecified atom stereocenters. The highest BCUT2D eigenvalue weighted by Gasteiger charge is 2.32. The first-order valence-corrected chi connectivity index (χ1v) is 14.8. The van der Waals surface area contributed by atoms with Crippen LogP contribution in [0, 0.1) is 3.57 Å². The third-order valence-corrected chi connectivity index (χ3v) is 8.06. The second kappa shape index (κ2) is 13.0. The van der Waals surface area contributed by atoms with E-state index < -0.39 is 0 Å². The van der Waals surface area contributed by atoms with Crippen LogP contribution in [-0.4, -0.2) is 29.1 Å². The first kappa shape index (κ1) is 27.7. The molecule has 3 aromatic carbocycles. The molecule has 1 aliphatic rings. The zero-order valence-corrected chi connectivity index (χ0v) is 25.5. The van der Waals surface area contributed by atoms with Gasteiger partial charge in [0.1, 0.15) is 6.61 Å². The van der Waals surface area contributed by atoms with Crippen LogP contribution in [0.5, 0.6) is 11.5 Å². The van der Waals surface area contributed by atoms with E-state index in [9.17, 15) is 4.79 Å². The predicted molar refractivity (Wildman–Crippen MR) is 165 cm³/mol. The number of hydrogen-bond donors (Lipinski definition) is 0. The number of amidine groups is 1. The number of rotatable bonds is 9. The smallest absolute Gasteiger partial charge is 0.266 e. The third kappa shape index (κ3) is 6.78. The number of halogens is 2. The zero-order valence-electron chi connectivity index (χ0n) is 21.0. The minimum Gasteiger partial charge on any atom is -0.490 e. The maximum absolute atomic E-state index is 13.2. The molecule has 3 aromatic rings. The minimum absolute atomic E-state index is 0.0382. The van der Waals surface area contributed by atoms with Gasteiger partial charge in [-0.2, -0.15) is 0 Å². The molecule has 1 amide bonds. The van der Waals surface area contributed by atoms with Crippen molar-refractivity contribution in [3.05, 3.63) is 90.3 Å². The van der Waals surface area contributed by atoms with Gasteiger partial charge in [-0.05, 0) is 108 Å². The minimum atomic E-state index is -0.0382. The molecular weight excluding hydrogens is 663 g/mol. The molecule has 4 rings (SSSR count). The fourth-order valence-electron chi connectivity index (χ4n) is 3.85. The third-order valence-electron chi connectivity index (χ3n) is 5.72. The quantitative estimate of drug-likeness (QED) is 0.168. The van der Waals surface area contributed by atoms with Crippen molar-refractivity contribution in [2.45, 2.75) is 33.8 Å². The standard InChI is InChI=1S/C29H28BrIN2O3S/c1-4-21-9-7-8-10-24(21)32-29-33(5-2)28(34)26(37-29)17-20-15-23(31)27(25(16-20)35-6-3)36-18-19-11-13-22(30)14-12-19/h7-17H,4-6,18H2,1-3H3/b26-17+,32-29?. The number of nitrogens with zero attached hydrogens (tertiary/aromatic N) is 2. The van der Waals surface area contributed by atoms with E-state index >= 15 is 0 Å². The number of carbonyl (C=O) groups excluding carboxylic acids is 1. The van der Waals surface area contributed by atoms with E-state index in [4.69, 9.17) is 14.5 Å². The maximum atomic E-state index is 13.2. The summed E-state index contributed by atoms with van der Waals surface area (Å²) in [6.07, 6.45) is 2.79. The first-order chi connectivity index (χ1) is 17.9. The molecule has 0 bridgehead atoms. The molecule has 8 heteroatoms. The molecule has 192 valence electrons. The number of amides is 1. The molecular formula is C29H28BrIN2O3S. The monoisotopic (exact) mass is 690 g/mol. The number of aryl methyl sites for hydroxylation is 1. The van der Waals surface area contributed by atoms with Crippen LogP contribution >= 0.6 is 50.3 Å². The number of thioether (sulfide) groups is 1. The van der Waals surface area contributed by atoms with Crippen LogP contribution in [0.3, 0.4) is 0 Å². The van der Waals surface area contributed by atoms with Crippen LogP contribution in [0.25, 0.3) is 6.08 Å². The molecule has 1 heterocycles. The molecule has 5 nitrogen and oxygen atoms in total. The van der Waals surface area contributed by atoms with Crippen LogP contribution in [0.1, 0.15) is 37.5 Å². The normalized spacial score (nSPS) is 15.6. The summed E-state index contributed by atoms with van der Waals surface area (Å²) in [5, 5.41) is 0.703. The number of likely N-dealkylation sites (N-methyl/N-ethyl adjacent to an activating group) is 1. The van der Waals surface area contributed by atoms with Crippen molar-refractivity contribution < 1.29 is 14.3 Å². The Morgan fingerprint density at radius 1 is 1.05 bits per heavy atom. The first-order valence-electron chi connectivity index (χ1n) is 12.1. The largest absolute Gasteiger partial charge is 0.490 e. The van der Waals surface area contributed by atoms with E-state index in [1.807, 2.05) is 74.5 Å². The molecule has 0 aliphatic carbocycles. The predicted octanol–water partition coefficient (Wildman–Crippen LogP) is 8.22. The van der Waals surface area contributed by atoms with Crippen LogP contribution in [-0.2, 0) is 17.8 Å². The lowest BCUT2D eigenvalue weighted by atomic mass is 10.1. The molecule has 0 saturated carbocycles. The lowest BCUT2D eigenvalue weighted by Crippen LogP contribution is -2.28. The van der Waals surface area contributed by atoms with E-state index in [-0.39, 0.29) is 5.91 Å². The van der Waals surface area contributed by atoms with Gasteiger partial charge in [0.2, 0.25) is 0 Å². The van der Waals surface area contributed by atoms with Crippen LogP contribution in [0.2, 0.25) is 0 Å². The Kier molecular flexibility index (Phi) is 9.72. The summed E-state index contributed by atoms with van der Waals surface area (Å²) in [5.41, 5.74) is 4.01. The summed E-state index contributed by atoms with van der Waals surface area (Å²) in [6.45, 7) is 7.52. The topological polar surface area (TPSA) is 51.1 Å². The van der Waals surface area contributed by atoms with E-state index in [0.29, 0.717) is 41.3 Å². The second-order valence-corrected chi connectivity index (χ2v) is 11.3. The van der Waals surface area contributed by atoms with Gasteiger partial charge < -0.3 is 9.47 Å². The average Bonchev–Trinajstić information content (AvgIpc) is 3.18. The van der Waals surface area contributed by atoms with Crippen molar-refractivity contribution >= 4 is 73.1 Å². The van der Waals surface area contributed by atoms with Crippen LogP contribution in [0.4, 0.5) is 5.69 Å². The summed E-state index contributed by atoms with van der Waals surface area (Å²) < 4.78 is 14.0. The number of benzene rings is 3. The number of para-hydroxylation sites is 1. The van der Waals surface area contributed by atoms with Gasteiger partial charge in [-0.1, -0.05) is 53.2 Å². The van der Waals surface area contributed by atoms with Crippen molar-refractivity contribution in [1.82, 2.24) is 4.90 Å². The van der Waals surface area contributed by atoms with E-state index in [2.05, 4.69) is 51.5 Å². The van der Waals surface area contributed by atoms with Crippen molar-refractivity contribution in [2.24, 2.45) is 4.99 Å². The van der Waals surface area contributed by atoms with Gasteiger partial charge in [-0.3, -0.25) is 9.69 Å². The highest BCUT2D eigenvalue weighted by molar-refractivity contribution is 14.1. The average molecular weight is 691 g/mol. The molecule has 0 N–H and O–H groups in total. The van der Waals surface area contributed by atoms with E-state index in [1.54, 1.807) is 4.90 Å². The van der Waals surface area contributed by atoms with Crippen molar-refractivity contribution in [2.75, 3.05) is 13.2 Å². The fourth-order valence-corrected chi connectivity index (χ4v) is 5.95. The summed E-state index contributed by atoms with van der Waals surface area (Å²) in [4.78, 5) is 20.5. The van der Waals surface area contributed by atoms with Gasteiger partial charge in [0, 0.05) is 11.0 Å². The van der Waals surface area contributed by atoms with E-state index in [1.165, 1.54) is 11.8 Å². The van der Waals surface area contributed by atoms with Gasteiger partial charge in [0.05, 0.1) is 20.8 Å². The van der Waals surface area contributed by atoms with Crippen LogP contribution in [0.15, 0.2) is 75.0 Å². The number of aliphatic imine (C=N–C) groups is 1. The highest BCUT2D eigenvalue weighted by Crippen LogP contribution is 2.38. The SMILES string of the molecule is CCOc1cc(/C=C2/SC(=Nc3ccccc3CC)N(CC)C2=O)cc(I)c1OCc1ccc(Br)cc1. The summed E-state index contributed by atoms with van der Waals surface area (Å²) in [5.74, 6) is 1.32. The maximum Gasteiger partial charge on any atom is 0.266 e. The summed E-state index contributed by atoms with van der Waals surface area (Å²) >= 11 is 7.13. The molecule has 1 fully saturated rings. The molecule has 37 heavy (non-hydrogen) atoms. The van der Waals surface area contributed by atoms with Gasteiger partial charge in [0.15, 0.2) is 16.7 Å². The Morgan fingerprint density at radius 2 is 1.81 bits per heavy atom. The Bertz CT molecular complexity index is 1340. The molecule has 0 atom stereocenters. The molecule has 0 aromatic heterocycles. The molecule has 0 radical (unpaired) electrons. The Morgan fingerprint density at radius 3 is 2.51 bits per heavy atom. The lowest BCUT2D eigenvalue weighted by Gasteiger charge is -2.15. The fraction of sp³-hybridized carbons (Fsp3) is 0.241. The van der Waals surface area contributed by atoms with Gasteiger partial charge in [-0.15, -0.1) is 0 Å². The Hall–Kier alpha value is -2.30. The number of ether oxygens (including phenoxy) is 2. The van der Waals surface area contributed by atoms with Gasteiger partial charge >= 0.3 is 0 Å². The Balaban J connectivity index is 1.62.